The van der Waals surface area contributed by atoms with Crippen molar-refractivity contribution in [3.8, 4) is 11.9 Å². The largest absolute Gasteiger partial charge is 0.478 e. The highest BCUT2D eigenvalue weighted by Crippen LogP contribution is 2.16. The Morgan fingerprint density at radius 1 is 1.42 bits per heavy atom. The molecule has 0 saturated carbocycles. The van der Waals surface area contributed by atoms with E-state index in [1.165, 1.54) is 0 Å². The van der Waals surface area contributed by atoms with E-state index in [9.17, 15) is 4.79 Å². The molecule has 0 fully saturated rings. The molecule has 2 aromatic rings. The number of amides is 1. The number of ether oxygens (including phenoxy) is 1. The lowest BCUT2D eigenvalue weighted by Crippen LogP contribution is -2.23. The Morgan fingerprint density at radius 3 is 2.96 bits per heavy atom. The fourth-order valence-electron chi connectivity index (χ4n) is 2.82. The van der Waals surface area contributed by atoms with Crippen LogP contribution in [0.3, 0.4) is 0 Å². The second-order valence-electron chi connectivity index (χ2n) is 5.96. The quantitative estimate of drug-likeness (QED) is 0.746. The highest BCUT2D eigenvalue weighted by Gasteiger charge is 2.13. The van der Waals surface area contributed by atoms with Crippen molar-refractivity contribution in [3.05, 3.63) is 40.8 Å². The summed E-state index contributed by atoms with van der Waals surface area (Å²) in [5.74, 6) is 0.528. The Labute approximate surface area is 154 Å². The fraction of sp³-hybridized carbons (Fsp3) is 0.474. The molecule has 0 atom stereocenters. The van der Waals surface area contributed by atoms with Gasteiger partial charge in [0, 0.05) is 30.4 Å². The Balaban J connectivity index is 1.90. The van der Waals surface area contributed by atoms with Crippen molar-refractivity contribution in [2.45, 2.75) is 53.1 Å². The second kappa shape index (κ2) is 9.56. The maximum atomic E-state index is 12.2. The number of pyridine rings is 1. The molecule has 2 heterocycles. The SMILES string of the molecule is CCOc1ncccc1CNC(=O)CCc1c(C)nn(CCC#N)c1C. The number of nitrogens with one attached hydrogen (secondary N) is 1. The lowest BCUT2D eigenvalue weighted by atomic mass is 10.1. The molecule has 0 radical (unpaired) electrons. The molecule has 1 N–H and O–H groups in total. The van der Waals surface area contributed by atoms with E-state index in [0.29, 0.717) is 44.8 Å². The van der Waals surface area contributed by atoms with E-state index in [2.05, 4.69) is 21.5 Å². The van der Waals surface area contributed by atoms with Gasteiger partial charge in [0.25, 0.3) is 0 Å². The molecule has 0 aliphatic carbocycles. The highest BCUT2D eigenvalue weighted by atomic mass is 16.5. The van der Waals surface area contributed by atoms with Crippen molar-refractivity contribution in [1.29, 1.82) is 5.26 Å². The summed E-state index contributed by atoms with van der Waals surface area (Å²) in [6, 6.07) is 5.85. The number of nitrogens with zero attached hydrogens (tertiary/aromatic N) is 4. The summed E-state index contributed by atoms with van der Waals surface area (Å²) in [6.07, 6.45) is 3.11. The van der Waals surface area contributed by atoms with E-state index in [-0.39, 0.29) is 5.91 Å². The molecule has 0 unspecified atom stereocenters. The minimum atomic E-state index is -0.0279. The van der Waals surface area contributed by atoms with Crippen LogP contribution in [0.25, 0.3) is 0 Å². The summed E-state index contributed by atoms with van der Waals surface area (Å²) < 4.78 is 7.31. The van der Waals surface area contributed by atoms with Gasteiger partial charge in [0.15, 0.2) is 0 Å². The van der Waals surface area contributed by atoms with Gasteiger partial charge in [-0.25, -0.2) is 4.98 Å². The van der Waals surface area contributed by atoms with E-state index in [0.717, 1.165) is 22.5 Å². The molecule has 0 bridgehead atoms. The van der Waals surface area contributed by atoms with Crippen molar-refractivity contribution in [2.75, 3.05) is 6.61 Å². The van der Waals surface area contributed by atoms with E-state index in [1.54, 1.807) is 6.20 Å². The number of nitriles is 1. The molecule has 0 saturated heterocycles. The Morgan fingerprint density at radius 2 is 2.23 bits per heavy atom. The van der Waals surface area contributed by atoms with Gasteiger partial charge in [-0.2, -0.15) is 10.4 Å². The highest BCUT2D eigenvalue weighted by molar-refractivity contribution is 5.76. The van der Waals surface area contributed by atoms with Crippen LogP contribution in [-0.4, -0.2) is 27.3 Å². The summed E-state index contributed by atoms with van der Waals surface area (Å²) in [5, 5.41) is 16.1. The summed E-state index contributed by atoms with van der Waals surface area (Å²) in [7, 11) is 0. The van der Waals surface area contributed by atoms with Crippen molar-refractivity contribution < 1.29 is 9.53 Å². The summed E-state index contributed by atoms with van der Waals surface area (Å²) >= 11 is 0. The van der Waals surface area contributed by atoms with Crippen molar-refractivity contribution in [1.82, 2.24) is 20.1 Å². The number of hydrogen-bond acceptors (Lipinski definition) is 5. The molecule has 2 aromatic heterocycles. The van der Waals surface area contributed by atoms with Gasteiger partial charge in [0.1, 0.15) is 0 Å². The lowest BCUT2D eigenvalue weighted by Gasteiger charge is -2.10. The first-order valence-electron chi connectivity index (χ1n) is 8.80. The monoisotopic (exact) mass is 355 g/mol. The van der Waals surface area contributed by atoms with Gasteiger partial charge >= 0.3 is 0 Å². The van der Waals surface area contributed by atoms with E-state index >= 15 is 0 Å². The van der Waals surface area contributed by atoms with Crippen LogP contribution in [0, 0.1) is 25.2 Å². The van der Waals surface area contributed by atoms with Crippen molar-refractivity contribution in [2.24, 2.45) is 0 Å². The molecular formula is C19H25N5O2. The lowest BCUT2D eigenvalue weighted by molar-refractivity contribution is -0.121. The molecule has 0 spiro atoms. The molecular weight excluding hydrogens is 330 g/mol. The van der Waals surface area contributed by atoms with Crippen LogP contribution in [0.2, 0.25) is 0 Å². The van der Waals surface area contributed by atoms with Gasteiger partial charge < -0.3 is 10.1 Å². The normalized spacial score (nSPS) is 10.4. The molecule has 138 valence electrons. The number of carbonyl (C=O) groups excluding carboxylic acids is 1. The molecule has 0 aromatic carbocycles. The van der Waals surface area contributed by atoms with Gasteiger partial charge in [0.05, 0.1) is 31.3 Å². The predicted octanol–water partition coefficient (Wildman–Crippen LogP) is 2.46. The molecule has 2 rings (SSSR count). The smallest absolute Gasteiger partial charge is 0.220 e. The van der Waals surface area contributed by atoms with Crippen LogP contribution in [0.4, 0.5) is 0 Å². The third kappa shape index (κ3) is 5.06. The molecule has 1 amide bonds. The van der Waals surface area contributed by atoms with Gasteiger partial charge in [-0.15, -0.1) is 0 Å². The predicted molar refractivity (Wildman–Crippen MR) is 97.5 cm³/mol. The zero-order valence-corrected chi connectivity index (χ0v) is 15.6. The maximum Gasteiger partial charge on any atom is 0.220 e. The zero-order chi connectivity index (χ0) is 18.9. The third-order valence-electron chi connectivity index (χ3n) is 4.18. The summed E-state index contributed by atoms with van der Waals surface area (Å²) in [5.41, 5.74) is 3.88. The first-order chi connectivity index (χ1) is 12.6. The van der Waals surface area contributed by atoms with Crippen molar-refractivity contribution >= 4 is 5.91 Å². The van der Waals surface area contributed by atoms with Crippen LogP contribution >= 0.6 is 0 Å². The number of aromatic nitrogens is 3. The average molecular weight is 355 g/mol. The topological polar surface area (TPSA) is 92.8 Å². The number of hydrogen-bond donors (Lipinski definition) is 1. The number of carbonyl (C=O) groups is 1. The number of aryl methyl sites for hydroxylation is 2. The van der Waals surface area contributed by atoms with Crippen LogP contribution in [0.1, 0.15) is 42.3 Å². The first-order valence-corrected chi connectivity index (χ1v) is 8.80. The standard InChI is InChI=1S/C19H25N5O2/c1-4-26-19-16(7-5-11-21-19)13-22-18(25)9-8-17-14(2)23-24(15(17)3)12-6-10-20/h5,7,11H,4,6,8-9,12-13H2,1-3H3,(H,22,25). The van der Waals surface area contributed by atoms with Gasteiger partial charge in [-0.05, 0) is 38.8 Å². The minimum Gasteiger partial charge on any atom is -0.478 e. The average Bonchev–Trinajstić information content (AvgIpc) is 2.91. The Bertz CT molecular complexity index is 792. The fourth-order valence-corrected chi connectivity index (χ4v) is 2.82. The van der Waals surface area contributed by atoms with Gasteiger partial charge in [0.2, 0.25) is 11.8 Å². The number of rotatable bonds is 9. The second-order valence-corrected chi connectivity index (χ2v) is 5.96. The zero-order valence-electron chi connectivity index (χ0n) is 15.6. The van der Waals surface area contributed by atoms with Crippen LogP contribution in [-0.2, 0) is 24.3 Å². The molecule has 26 heavy (non-hydrogen) atoms. The molecule has 7 nitrogen and oxygen atoms in total. The van der Waals surface area contributed by atoms with E-state index in [1.807, 2.05) is 37.6 Å². The summed E-state index contributed by atoms with van der Waals surface area (Å²) in [6.45, 7) is 7.32. The summed E-state index contributed by atoms with van der Waals surface area (Å²) in [4.78, 5) is 16.4. The first kappa shape index (κ1) is 19.4. The van der Waals surface area contributed by atoms with E-state index in [4.69, 9.17) is 10.00 Å². The molecule has 0 aliphatic heterocycles. The third-order valence-corrected chi connectivity index (χ3v) is 4.18. The molecule has 7 heteroatoms. The van der Waals surface area contributed by atoms with Gasteiger partial charge in [-0.3, -0.25) is 9.48 Å². The Hall–Kier alpha value is -2.88. The van der Waals surface area contributed by atoms with Crippen LogP contribution < -0.4 is 10.1 Å². The van der Waals surface area contributed by atoms with Crippen LogP contribution in [0.5, 0.6) is 5.88 Å². The van der Waals surface area contributed by atoms with E-state index < -0.39 is 0 Å². The Kier molecular flexibility index (Phi) is 7.15. The van der Waals surface area contributed by atoms with Gasteiger partial charge in [-0.1, -0.05) is 6.07 Å². The van der Waals surface area contributed by atoms with Crippen molar-refractivity contribution in [3.63, 3.8) is 0 Å². The van der Waals surface area contributed by atoms with Crippen LogP contribution in [0.15, 0.2) is 18.3 Å². The maximum absolute atomic E-state index is 12.2. The molecule has 0 aliphatic rings. The minimum absolute atomic E-state index is 0.0279.